The van der Waals surface area contributed by atoms with E-state index in [9.17, 15) is 14.4 Å². The van der Waals surface area contributed by atoms with Gasteiger partial charge in [-0.3, -0.25) is 14.4 Å². The highest BCUT2D eigenvalue weighted by atomic mass is 16.5. The molecule has 0 fully saturated rings. The molecule has 0 aromatic carbocycles. The SMILES string of the molecule is CCOC(=O)CC(CC(=O)COC)C(=O)O. The van der Waals surface area contributed by atoms with Crippen LogP contribution >= 0.6 is 0 Å². The van der Waals surface area contributed by atoms with E-state index >= 15 is 0 Å². The molecule has 0 spiro atoms. The summed E-state index contributed by atoms with van der Waals surface area (Å²) in [6.45, 7) is 1.67. The van der Waals surface area contributed by atoms with Gasteiger partial charge in [-0.05, 0) is 6.92 Å². The van der Waals surface area contributed by atoms with Crippen molar-refractivity contribution in [3.05, 3.63) is 0 Å². The molecule has 6 heteroatoms. The molecule has 0 saturated heterocycles. The van der Waals surface area contributed by atoms with Crippen molar-refractivity contribution in [2.45, 2.75) is 19.8 Å². The smallest absolute Gasteiger partial charge is 0.307 e. The Morgan fingerprint density at radius 3 is 2.31 bits per heavy atom. The Morgan fingerprint density at radius 2 is 1.88 bits per heavy atom. The molecule has 6 nitrogen and oxygen atoms in total. The summed E-state index contributed by atoms with van der Waals surface area (Å²) >= 11 is 0. The molecule has 0 aliphatic heterocycles. The number of methoxy groups -OCH3 is 1. The third-order valence-corrected chi connectivity index (χ3v) is 1.85. The average molecular weight is 232 g/mol. The number of hydrogen-bond donors (Lipinski definition) is 1. The normalized spacial score (nSPS) is 11.9. The lowest BCUT2D eigenvalue weighted by molar-refractivity contribution is -0.152. The number of carboxylic acid groups (broad SMARTS) is 1. The minimum atomic E-state index is -1.18. The zero-order valence-corrected chi connectivity index (χ0v) is 9.39. The van der Waals surface area contributed by atoms with Gasteiger partial charge in [-0.15, -0.1) is 0 Å². The Labute approximate surface area is 93.5 Å². The Morgan fingerprint density at radius 1 is 1.25 bits per heavy atom. The zero-order valence-electron chi connectivity index (χ0n) is 9.39. The maximum absolute atomic E-state index is 11.2. The van der Waals surface area contributed by atoms with E-state index in [-0.39, 0.29) is 31.8 Å². The van der Waals surface area contributed by atoms with Gasteiger partial charge >= 0.3 is 11.9 Å². The van der Waals surface area contributed by atoms with Crippen LogP contribution in [0.5, 0.6) is 0 Å². The number of carbonyl (C=O) groups excluding carboxylic acids is 2. The molecule has 0 aromatic rings. The summed E-state index contributed by atoms with van der Waals surface area (Å²) in [4.78, 5) is 33.0. The quantitative estimate of drug-likeness (QED) is 0.603. The molecule has 0 saturated carbocycles. The zero-order chi connectivity index (χ0) is 12.6. The van der Waals surface area contributed by atoms with Crippen molar-refractivity contribution >= 4 is 17.7 Å². The molecule has 0 aliphatic carbocycles. The molecular formula is C10H16O6. The number of ketones is 1. The molecule has 16 heavy (non-hydrogen) atoms. The molecule has 1 unspecified atom stereocenters. The number of carbonyl (C=O) groups is 3. The van der Waals surface area contributed by atoms with Crippen LogP contribution in [0.15, 0.2) is 0 Å². The van der Waals surface area contributed by atoms with Gasteiger partial charge in [-0.1, -0.05) is 0 Å². The summed E-state index contributed by atoms with van der Waals surface area (Å²) in [7, 11) is 1.35. The fraction of sp³-hybridized carbons (Fsp3) is 0.700. The number of esters is 1. The Balaban J connectivity index is 4.22. The number of hydrogen-bond acceptors (Lipinski definition) is 5. The van der Waals surface area contributed by atoms with Crippen molar-refractivity contribution in [3.8, 4) is 0 Å². The van der Waals surface area contributed by atoms with Crippen LogP contribution in [-0.2, 0) is 23.9 Å². The van der Waals surface area contributed by atoms with Crippen LogP contribution in [-0.4, -0.2) is 43.2 Å². The van der Waals surface area contributed by atoms with Gasteiger partial charge in [0.2, 0.25) is 0 Å². The second kappa shape index (κ2) is 7.81. The predicted molar refractivity (Wildman–Crippen MR) is 53.9 cm³/mol. The van der Waals surface area contributed by atoms with Gasteiger partial charge in [-0.25, -0.2) is 0 Å². The molecule has 1 atom stereocenters. The highest BCUT2D eigenvalue weighted by molar-refractivity contribution is 5.87. The van der Waals surface area contributed by atoms with Crippen molar-refractivity contribution in [3.63, 3.8) is 0 Å². The lowest BCUT2D eigenvalue weighted by Crippen LogP contribution is -2.23. The molecule has 92 valence electrons. The maximum Gasteiger partial charge on any atom is 0.307 e. The number of ether oxygens (including phenoxy) is 2. The highest BCUT2D eigenvalue weighted by Crippen LogP contribution is 2.11. The molecule has 0 aromatic heterocycles. The van der Waals surface area contributed by atoms with Gasteiger partial charge in [-0.2, -0.15) is 0 Å². The van der Waals surface area contributed by atoms with Crippen LogP contribution in [0, 0.1) is 5.92 Å². The average Bonchev–Trinajstić information content (AvgIpc) is 2.17. The highest BCUT2D eigenvalue weighted by Gasteiger charge is 2.24. The Hall–Kier alpha value is -1.43. The minimum Gasteiger partial charge on any atom is -0.481 e. The van der Waals surface area contributed by atoms with Crippen LogP contribution in [0.2, 0.25) is 0 Å². The monoisotopic (exact) mass is 232 g/mol. The van der Waals surface area contributed by atoms with Crippen LogP contribution in [0.25, 0.3) is 0 Å². The fourth-order valence-electron chi connectivity index (χ4n) is 1.16. The standard InChI is InChI=1S/C10H16O6/c1-3-16-9(12)5-7(10(13)14)4-8(11)6-15-2/h7H,3-6H2,1-2H3,(H,13,14). The van der Waals surface area contributed by atoms with E-state index in [2.05, 4.69) is 9.47 Å². The predicted octanol–water partition coefficient (Wildman–Crippen LogP) is 0.246. The first kappa shape index (κ1) is 14.6. The number of carboxylic acids is 1. The van der Waals surface area contributed by atoms with Crippen molar-refractivity contribution in [1.29, 1.82) is 0 Å². The number of aliphatic carboxylic acids is 1. The first-order valence-corrected chi connectivity index (χ1v) is 4.90. The lowest BCUT2D eigenvalue weighted by Gasteiger charge is -2.10. The summed E-state index contributed by atoms with van der Waals surface area (Å²) in [5, 5.41) is 8.81. The molecule has 1 N–H and O–H groups in total. The van der Waals surface area contributed by atoms with Crippen molar-refractivity contribution in [2.75, 3.05) is 20.3 Å². The third kappa shape index (κ3) is 6.13. The van der Waals surface area contributed by atoms with Gasteiger partial charge in [0.1, 0.15) is 6.61 Å². The number of Topliss-reactive ketones (excluding diaryl/α,β-unsaturated/α-hetero) is 1. The van der Waals surface area contributed by atoms with E-state index in [1.165, 1.54) is 7.11 Å². The van der Waals surface area contributed by atoms with Crippen molar-refractivity contribution in [2.24, 2.45) is 5.92 Å². The molecule has 0 bridgehead atoms. The van der Waals surface area contributed by atoms with E-state index in [1.54, 1.807) is 6.92 Å². The third-order valence-electron chi connectivity index (χ3n) is 1.85. The van der Waals surface area contributed by atoms with E-state index in [0.29, 0.717) is 0 Å². The second-order valence-electron chi connectivity index (χ2n) is 3.22. The molecule has 0 aliphatic rings. The maximum atomic E-state index is 11.2. The van der Waals surface area contributed by atoms with Crippen LogP contribution in [0.4, 0.5) is 0 Å². The van der Waals surface area contributed by atoms with Gasteiger partial charge < -0.3 is 14.6 Å². The minimum absolute atomic E-state index is 0.146. The Kier molecular flexibility index (Phi) is 7.11. The molecule has 0 rings (SSSR count). The number of rotatable bonds is 8. The van der Waals surface area contributed by atoms with Crippen LogP contribution in [0.3, 0.4) is 0 Å². The largest absolute Gasteiger partial charge is 0.481 e. The van der Waals surface area contributed by atoms with Gasteiger partial charge in [0.05, 0.1) is 18.9 Å². The van der Waals surface area contributed by atoms with Crippen molar-refractivity contribution in [1.82, 2.24) is 0 Å². The van der Waals surface area contributed by atoms with E-state index < -0.39 is 17.9 Å². The lowest BCUT2D eigenvalue weighted by atomic mass is 9.99. The van der Waals surface area contributed by atoms with Crippen molar-refractivity contribution < 1.29 is 29.0 Å². The Bertz CT molecular complexity index is 240. The van der Waals surface area contributed by atoms with E-state index in [0.717, 1.165) is 0 Å². The van der Waals surface area contributed by atoms with Gasteiger partial charge in [0.15, 0.2) is 5.78 Å². The van der Waals surface area contributed by atoms with E-state index in [1.807, 2.05) is 0 Å². The first-order chi connectivity index (χ1) is 7.51. The van der Waals surface area contributed by atoms with Gasteiger partial charge in [0, 0.05) is 13.5 Å². The summed E-state index contributed by atoms with van der Waals surface area (Å²) in [5.74, 6) is -3.18. The first-order valence-electron chi connectivity index (χ1n) is 4.90. The van der Waals surface area contributed by atoms with E-state index in [4.69, 9.17) is 5.11 Å². The molecular weight excluding hydrogens is 216 g/mol. The molecule has 0 amide bonds. The van der Waals surface area contributed by atoms with Crippen LogP contribution in [0.1, 0.15) is 19.8 Å². The summed E-state index contributed by atoms with van der Waals surface area (Å²) in [6, 6.07) is 0. The fourth-order valence-corrected chi connectivity index (χ4v) is 1.16. The van der Waals surface area contributed by atoms with Crippen LogP contribution < -0.4 is 0 Å². The summed E-state index contributed by atoms with van der Waals surface area (Å²) in [6.07, 6.45) is -0.513. The summed E-state index contributed by atoms with van der Waals surface area (Å²) in [5.41, 5.74) is 0. The summed E-state index contributed by atoms with van der Waals surface area (Å²) < 4.78 is 9.20. The van der Waals surface area contributed by atoms with Gasteiger partial charge in [0.25, 0.3) is 0 Å². The molecule has 0 radical (unpaired) electrons. The topological polar surface area (TPSA) is 89.9 Å². The molecule has 0 heterocycles. The second-order valence-corrected chi connectivity index (χ2v) is 3.22.